The third kappa shape index (κ3) is 2.24. The van der Waals surface area contributed by atoms with Gasteiger partial charge in [-0.25, -0.2) is 0 Å². The largest absolute Gasteiger partial charge is 0.481 e. The molecule has 0 spiro atoms. The van der Waals surface area contributed by atoms with Gasteiger partial charge in [-0.1, -0.05) is 12.8 Å². The number of carboxylic acid groups (broad SMARTS) is 1. The maximum absolute atomic E-state index is 11.1. The van der Waals surface area contributed by atoms with E-state index in [9.17, 15) is 4.79 Å². The Morgan fingerprint density at radius 3 is 2.54 bits per heavy atom. The van der Waals surface area contributed by atoms with E-state index in [0.717, 1.165) is 38.5 Å². The number of carbonyl (C=O) groups is 1. The monoisotopic (exact) mass is 180 g/mol. The van der Waals surface area contributed by atoms with Gasteiger partial charge in [-0.15, -0.1) is 11.8 Å². The van der Waals surface area contributed by atoms with Crippen LogP contribution in [0.3, 0.4) is 0 Å². The van der Waals surface area contributed by atoms with E-state index in [1.54, 1.807) is 6.92 Å². The average Bonchev–Trinajstić information content (AvgIpc) is 2.55. The van der Waals surface area contributed by atoms with Gasteiger partial charge < -0.3 is 5.11 Å². The van der Waals surface area contributed by atoms with Gasteiger partial charge in [0.05, 0.1) is 5.41 Å². The van der Waals surface area contributed by atoms with Crippen molar-refractivity contribution in [2.75, 3.05) is 0 Å². The van der Waals surface area contributed by atoms with E-state index in [2.05, 4.69) is 11.8 Å². The fourth-order valence-corrected chi connectivity index (χ4v) is 2.05. The smallest absolute Gasteiger partial charge is 0.309 e. The van der Waals surface area contributed by atoms with Crippen molar-refractivity contribution < 1.29 is 9.90 Å². The molecule has 0 aromatic heterocycles. The number of hydrogen-bond donors (Lipinski definition) is 1. The second kappa shape index (κ2) is 4.32. The van der Waals surface area contributed by atoms with Crippen molar-refractivity contribution in [2.24, 2.45) is 5.41 Å². The molecule has 0 heterocycles. The maximum Gasteiger partial charge on any atom is 0.309 e. The topological polar surface area (TPSA) is 37.3 Å². The van der Waals surface area contributed by atoms with E-state index in [1.807, 2.05) is 0 Å². The molecule has 1 aliphatic rings. The molecule has 1 aliphatic carbocycles. The molecular weight excluding hydrogens is 164 g/mol. The Labute approximate surface area is 79.3 Å². The zero-order chi connectivity index (χ0) is 9.73. The van der Waals surface area contributed by atoms with Gasteiger partial charge in [0.15, 0.2) is 0 Å². The van der Waals surface area contributed by atoms with Gasteiger partial charge >= 0.3 is 5.97 Å². The quantitative estimate of drug-likeness (QED) is 0.677. The van der Waals surface area contributed by atoms with E-state index >= 15 is 0 Å². The van der Waals surface area contributed by atoms with Crippen molar-refractivity contribution in [3.05, 3.63) is 0 Å². The summed E-state index contributed by atoms with van der Waals surface area (Å²) in [4.78, 5) is 11.1. The zero-order valence-corrected chi connectivity index (χ0v) is 8.10. The number of rotatable bonds is 3. The zero-order valence-electron chi connectivity index (χ0n) is 8.10. The molecule has 0 saturated heterocycles. The Balaban J connectivity index is 2.55. The molecule has 13 heavy (non-hydrogen) atoms. The number of aliphatic carboxylic acids is 1. The van der Waals surface area contributed by atoms with Crippen LogP contribution in [-0.2, 0) is 4.79 Å². The minimum atomic E-state index is -0.622. The number of carboxylic acids is 1. The van der Waals surface area contributed by atoms with Gasteiger partial charge in [0.1, 0.15) is 0 Å². The van der Waals surface area contributed by atoms with Gasteiger partial charge in [0, 0.05) is 6.42 Å². The van der Waals surface area contributed by atoms with Crippen LogP contribution >= 0.6 is 0 Å². The second-order valence-corrected chi connectivity index (χ2v) is 3.72. The summed E-state index contributed by atoms with van der Waals surface area (Å²) in [5.74, 6) is 5.12. The number of hydrogen-bond acceptors (Lipinski definition) is 1. The molecule has 0 radical (unpaired) electrons. The summed E-state index contributed by atoms with van der Waals surface area (Å²) in [7, 11) is 0. The van der Waals surface area contributed by atoms with Crippen molar-refractivity contribution in [3.8, 4) is 11.8 Å². The van der Waals surface area contributed by atoms with E-state index in [-0.39, 0.29) is 0 Å². The predicted molar refractivity (Wildman–Crippen MR) is 51.2 cm³/mol. The Bertz CT molecular complexity index is 239. The third-order valence-electron chi connectivity index (χ3n) is 2.92. The van der Waals surface area contributed by atoms with Gasteiger partial charge in [0.25, 0.3) is 0 Å². The molecule has 0 bridgehead atoms. The first-order valence-electron chi connectivity index (χ1n) is 4.84. The molecule has 1 fully saturated rings. The molecule has 0 atom stereocenters. The van der Waals surface area contributed by atoms with Gasteiger partial charge in [-0.05, 0) is 26.2 Å². The van der Waals surface area contributed by atoms with Crippen LogP contribution in [0.5, 0.6) is 0 Å². The summed E-state index contributed by atoms with van der Waals surface area (Å²) < 4.78 is 0. The van der Waals surface area contributed by atoms with Crippen LogP contribution < -0.4 is 0 Å². The van der Waals surface area contributed by atoms with Gasteiger partial charge in [-0.3, -0.25) is 4.79 Å². The first-order valence-corrected chi connectivity index (χ1v) is 4.84. The van der Waals surface area contributed by atoms with Crippen LogP contribution in [0, 0.1) is 17.3 Å². The summed E-state index contributed by atoms with van der Waals surface area (Å²) in [6.07, 6.45) is 5.26. The summed E-state index contributed by atoms with van der Waals surface area (Å²) in [6.45, 7) is 1.79. The highest BCUT2D eigenvalue weighted by Crippen LogP contribution is 2.42. The molecule has 0 amide bonds. The Hall–Kier alpha value is -0.970. The molecule has 1 rings (SSSR count). The highest BCUT2D eigenvalue weighted by molar-refractivity contribution is 5.75. The Kier molecular flexibility index (Phi) is 3.36. The predicted octanol–water partition coefficient (Wildman–Crippen LogP) is 2.43. The molecular formula is C11H16O2. The van der Waals surface area contributed by atoms with E-state index in [1.165, 1.54) is 0 Å². The Morgan fingerprint density at radius 1 is 1.46 bits per heavy atom. The van der Waals surface area contributed by atoms with Crippen LogP contribution in [0.2, 0.25) is 0 Å². The highest BCUT2D eigenvalue weighted by atomic mass is 16.4. The molecule has 2 nitrogen and oxygen atoms in total. The lowest BCUT2D eigenvalue weighted by Gasteiger charge is -2.22. The first-order chi connectivity index (χ1) is 6.21. The van der Waals surface area contributed by atoms with E-state index in [0.29, 0.717) is 0 Å². The second-order valence-electron chi connectivity index (χ2n) is 3.72. The first kappa shape index (κ1) is 10.1. The lowest BCUT2D eigenvalue weighted by Crippen LogP contribution is -2.27. The van der Waals surface area contributed by atoms with Crippen LogP contribution in [0.15, 0.2) is 0 Å². The minimum Gasteiger partial charge on any atom is -0.481 e. The van der Waals surface area contributed by atoms with Crippen molar-refractivity contribution in [2.45, 2.75) is 45.4 Å². The molecule has 0 aliphatic heterocycles. The van der Waals surface area contributed by atoms with Crippen LogP contribution in [0.25, 0.3) is 0 Å². The van der Waals surface area contributed by atoms with Crippen LogP contribution in [0.1, 0.15) is 45.4 Å². The molecule has 0 unspecified atom stereocenters. The van der Waals surface area contributed by atoms with Crippen molar-refractivity contribution in [3.63, 3.8) is 0 Å². The molecule has 0 aromatic carbocycles. The van der Waals surface area contributed by atoms with Gasteiger partial charge in [0.2, 0.25) is 0 Å². The third-order valence-corrected chi connectivity index (χ3v) is 2.92. The fourth-order valence-electron chi connectivity index (χ4n) is 2.05. The SMILES string of the molecule is CC#CCCC1(C(=O)O)CCCC1. The molecule has 2 heteroatoms. The molecule has 72 valence electrons. The summed E-state index contributed by atoms with van der Waals surface area (Å²) in [5.41, 5.74) is -0.441. The molecule has 1 saturated carbocycles. The standard InChI is InChI=1S/C11H16O2/c1-2-3-4-7-11(10(12)13)8-5-6-9-11/h4-9H2,1H3,(H,12,13). The lowest BCUT2D eigenvalue weighted by molar-refractivity contribution is -0.149. The van der Waals surface area contributed by atoms with Crippen molar-refractivity contribution >= 4 is 5.97 Å². The Morgan fingerprint density at radius 2 is 2.08 bits per heavy atom. The van der Waals surface area contributed by atoms with Crippen molar-refractivity contribution in [1.29, 1.82) is 0 Å². The van der Waals surface area contributed by atoms with E-state index < -0.39 is 11.4 Å². The maximum atomic E-state index is 11.1. The van der Waals surface area contributed by atoms with E-state index in [4.69, 9.17) is 5.11 Å². The lowest BCUT2D eigenvalue weighted by atomic mass is 9.82. The summed E-state index contributed by atoms with van der Waals surface area (Å²) >= 11 is 0. The highest BCUT2D eigenvalue weighted by Gasteiger charge is 2.40. The van der Waals surface area contributed by atoms with Crippen molar-refractivity contribution in [1.82, 2.24) is 0 Å². The van der Waals surface area contributed by atoms with Crippen LogP contribution in [-0.4, -0.2) is 11.1 Å². The average molecular weight is 180 g/mol. The summed E-state index contributed by atoms with van der Waals surface area (Å²) in [6, 6.07) is 0. The minimum absolute atomic E-state index is 0.441. The normalized spacial score (nSPS) is 19.2. The van der Waals surface area contributed by atoms with Gasteiger partial charge in [-0.2, -0.15) is 0 Å². The fraction of sp³-hybridized carbons (Fsp3) is 0.727. The molecule has 1 N–H and O–H groups in total. The molecule has 0 aromatic rings. The summed E-state index contributed by atoms with van der Waals surface area (Å²) in [5, 5.41) is 9.11. The van der Waals surface area contributed by atoms with Crippen LogP contribution in [0.4, 0.5) is 0 Å².